The summed E-state index contributed by atoms with van der Waals surface area (Å²) in [5.74, 6) is 1.69. The van der Waals surface area contributed by atoms with Gasteiger partial charge in [-0.2, -0.15) is 5.10 Å². The third-order valence-corrected chi connectivity index (χ3v) is 7.31. The number of H-pyrrole nitrogens is 1. The highest BCUT2D eigenvalue weighted by atomic mass is 16.7. The van der Waals surface area contributed by atoms with Gasteiger partial charge in [-0.3, -0.25) is 14.7 Å². The van der Waals surface area contributed by atoms with Gasteiger partial charge < -0.3 is 19.3 Å². The van der Waals surface area contributed by atoms with Crippen molar-refractivity contribution in [3.63, 3.8) is 0 Å². The number of hydrogen-bond acceptors (Lipinski definition) is 5. The van der Waals surface area contributed by atoms with Crippen molar-refractivity contribution in [3.8, 4) is 11.5 Å². The van der Waals surface area contributed by atoms with Gasteiger partial charge >= 0.3 is 0 Å². The fourth-order valence-electron chi connectivity index (χ4n) is 5.29. The first-order chi connectivity index (χ1) is 17.2. The maximum absolute atomic E-state index is 13.4. The van der Waals surface area contributed by atoms with Crippen molar-refractivity contribution in [3.05, 3.63) is 76.6 Å². The summed E-state index contributed by atoms with van der Waals surface area (Å²) in [6.07, 6.45) is 3.67. The van der Waals surface area contributed by atoms with E-state index in [1.807, 2.05) is 11.0 Å². The van der Waals surface area contributed by atoms with Crippen LogP contribution in [0.2, 0.25) is 0 Å². The number of nitrogens with one attached hydrogen (secondary N) is 1. The molecular formula is C27H28N4O4. The van der Waals surface area contributed by atoms with E-state index in [2.05, 4.69) is 34.5 Å². The first kappa shape index (κ1) is 21.7. The lowest BCUT2D eigenvalue weighted by Crippen LogP contribution is -2.40. The van der Waals surface area contributed by atoms with Gasteiger partial charge in [-0.25, -0.2) is 0 Å². The predicted molar refractivity (Wildman–Crippen MR) is 128 cm³/mol. The number of aromatic nitrogens is 2. The highest BCUT2D eigenvalue weighted by Gasteiger charge is 2.32. The number of hydrogen-bond donors (Lipinski definition) is 1. The molecule has 8 heteroatoms. The molecule has 3 aromatic rings. The number of aromatic amines is 1. The average molecular weight is 473 g/mol. The van der Waals surface area contributed by atoms with Gasteiger partial charge in [-0.1, -0.05) is 30.3 Å². The molecule has 0 bridgehead atoms. The quantitative estimate of drug-likeness (QED) is 0.629. The summed E-state index contributed by atoms with van der Waals surface area (Å²) >= 11 is 0. The summed E-state index contributed by atoms with van der Waals surface area (Å²) in [5, 5.41) is 7.43. The van der Waals surface area contributed by atoms with Gasteiger partial charge in [0.15, 0.2) is 17.2 Å². The fourth-order valence-corrected chi connectivity index (χ4v) is 5.29. The Hall–Kier alpha value is -3.81. The van der Waals surface area contributed by atoms with Gasteiger partial charge in [-0.05, 0) is 48.9 Å². The molecule has 2 amide bonds. The standard InChI is InChI=1S/C27H28N4O4/c32-26(20-6-7-23-24(15-20)35-17-34-23)31-13-10-22-21(16-31)25(29-28-22)27(33)30-11-8-19(9-12-30)14-18-4-2-1-3-5-18/h1-7,15,19H,8-14,16-17H2,(H,28,29). The Labute approximate surface area is 203 Å². The molecule has 3 aliphatic rings. The van der Waals surface area contributed by atoms with Crippen molar-refractivity contribution in [1.29, 1.82) is 0 Å². The Morgan fingerprint density at radius 1 is 0.943 bits per heavy atom. The summed E-state index contributed by atoms with van der Waals surface area (Å²) < 4.78 is 10.8. The van der Waals surface area contributed by atoms with Crippen LogP contribution in [0.1, 0.15) is 50.5 Å². The molecule has 2 aromatic carbocycles. The summed E-state index contributed by atoms with van der Waals surface area (Å²) in [6, 6.07) is 15.8. The van der Waals surface area contributed by atoms with E-state index in [1.54, 1.807) is 23.1 Å². The Balaban J connectivity index is 1.12. The molecule has 0 unspecified atom stereocenters. The number of amides is 2. The average Bonchev–Trinajstić information content (AvgIpc) is 3.55. The van der Waals surface area contributed by atoms with Crippen LogP contribution in [0, 0.1) is 5.92 Å². The molecule has 8 nitrogen and oxygen atoms in total. The molecular weight excluding hydrogens is 444 g/mol. The molecule has 1 saturated heterocycles. The van der Waals surface area contributed by atoms with E-state index < -0.39 is 0 Å². The number of carbonyl (C=O) groups is 2. The summed E-state index contributed by atoms with van der Waals surface area (Å²) in [4.78, 5) is 30.3. The fraction of sp³-hybridized carbons (Fsp3) is 0.370. The van der Waals surface area contributed by atoms with Gasteiger partial charge in [0.2, 0.25) is 6.79 Å². The molecule has 0 spiro atoms. The Kier molecular flexibility index (Phi) is 5.64. The Morgan fingerprint density at radius 3 is 2.57 bits per heavy atom. The Morgan fingerprint density at radius 2 is 1.74 bits per heavy atom. The number of nitrogens with zero attached hydrogens (tertiary/aromatic N) is 3. The van der Waals surface area contributed by atoms with Crippen LogP contribution >= 0.6 is 0 Å². The third-order valence-electron chi connectivity index (χ3n) is 7.31. The minimum absolute atomic E-state index is 0.0435. The zero-order valence-corrected chi connectivity index (χ0v) is 19.5. The van der Waals surface area contributed by atoms with Crippen LogP contribution in [0.4, 0.5) is 0 Å². The maximum Gasteiger partial charge on any atom is 0.274 e. The van der Waals surface area contributed by atoms with Crippen LogP contribution in [0.25, 0.3) is 0 Å². The van der Waals surface area contributed by atoms with E-state index in [0.29, 0.717) is 48.2 Å². The smallest absolute Gasteiger partial charge is 0.274 e. The van der Waals surface area contributed by atoms with Gasteiger partial charge in [-0.15, -0.1) is 0 Å². The number of piperidine rings is 1. The number of likely N-dealkylation sites (tertiary alicyclic amines) is 1. The van der Waals surface area contributed by atoms with Crippen molar-refractivity contribution < 1.29 is 19.1 Å². The molecule has 1 aromatic heterocycles. The van der Waals surface area contributed by atoms with Gasteiger partial charge in [0.1, 0.15) is 0 Å². The summed E-state index contributed by atoms with van der Waals surface area (Å²) in [5.41, 5.74) is 4.13. The highest BCUT2D eigenvalue weighted by molar-refractivity contribution is 5.96. The van der Waals surface area contributed by atoms with Crippen LogP contribution in [-0.4, -0.2) is 58.2 Å². The van der Waals surface area contributed by atoms with E-state index in [9.17, 15) is 9.59 Å². The maximum atomic E-state index is 13.4. The van der Waals surface area contributed by atoms with Crippen LogP contribution in [-0.2, 0) is 19.4 Å². The minimum Gasteiger partial charge on any atom is -0.454 e. The molecule has 0 saturated carbocycles. The lowest BCUT2D eigenvalue weighted by atomic mass is 9.90. The second kappa shape index (κ2) is 9.09. The second-order valence-electron chi connectivity index (χ2n) is 9.50. The topological polar surface area (TPSA) is 87.8 Å². The molecule has 0 aliphatic carbocycles. The van der Waals surface area contributed by atoms with Crippen LogP contribution in [0.5, 0.6) is 11.5 Å². The van der Waals surface area contributed by atoms with E-state index in [0.717, 1.165) is 43.6 Å². The molecule has 1 fully saturated rings. The summed E-state index contributed by atoms with van der Waals surface area (Å²) in [6.45, 7) is 2.57. The van der Waals surface area contributed by atoms with Crippen molar-refractivity contribution in [2.75, 3.05) is 26.4 Å². The van der Waals surface area contributed by atoms with Gasteiger partial charge in [0.05, 0.1) is 6.54 Å². The predicted octanol–water partition coefficient (Wildman–Crippen LogP) is 3.43. The first-order valence-electron chi connectivity index (χ1n) is 12.2. The zero-order chi connectivity index (χ0) is 23.8. The highest BCUT2D eigenvalue weighted by Crippen LogP contribution is 2.33. The monoisotopic (exact) mass is 472 g/mol. The van der Waals surface area contributed by atoms with Crippen molar-refractivity contribution in [1.82, 2.24) is 20.0 Å². The van der Waals surface area contributed by atoms with Crippen molar-refractivity contribution in [2.45, 2.75) is 32.2 Å². The number of carbonyl (C=O) groups excluding carboxylic acids is 2. The van der Waals surface area contributed by atoms with Crippen molar-refractivity contribution >= 4 is 11.8 Å². The van der Waals surface area contributed by atoms with Crippen LogP contribution < -0.4 is 9.47 Å². The van der Waals surface area contributed by atoms with E-state index >= 15 is 0 Å². The third kappa shape index (κ3) is 4.24. The zero-order valence-electron chi connectivity index (χ0n) is 19.5. The lowest BCUT2D eigenvalue weighted by molar-refractivity contribution is 0.0671. The molecule has 1 N–H and O–H groups in total. The number of benzene rings is 2. The minimum atomic E-state index is -0.0877. The molecule has 0 atom stereocenters. The first-order valence-corrected chi connectivity index (χ1v) is 12.2. The van der Waals surface area contributed by atoms with E-state index in [4.69, 9.17) is 9.47 Å². The molecule has 4 heterocycles. The second-order valence-corrected chi connectivity index (χ2v) is 9.50. The number of fused-ring (bicyclic) bond motifs is 2. The van der Waals surface area contributed by atoms with Crippen LogP contribution in [0.15, 0.2) is 48.5 Å². The molecule has 180 valence electrons. The molecule has 0 radical (unpaired) electrons. The number of rotatable bonds is 4. The number of ether oxygens (including phenoxy) is 2. The lowest BCUT2D eigenvalue weighted by Gasteiger charge is -2.32. The summed E-state index contributed by atoms with van der Waals surface area (Å²) in [7, 11) is 0. The van der Waals surface area contributed by atoms with Gasteiger partial charge in [0, 0.05) is 42.9 Å². The molecule has 35 heavy (non-hydrogen) atoms. The van der Waals surface area contributed by atoms with E-state index in [1.165, 1.54) is 5.56 Å². The normalized spacial score (nSPS) is 17.4. The Bertz CT molecular complexity index is 1250. The van der Waals surface area contributed by atoms with Gasteiger partial charge in [0.25, 0.3) is 11.8 Å². The molecule has 3 aliphatic heterocycles. The van der Waals surface area contributed by atoms with E-state index in [-0.39, 0.29) is 18.6 Å². The van der Waals surface area contributed by atoms with Crippen molar-refractivity contribution in [2.24, 2.45) is 5.92 Å². The van der Waals surface area contributed by atoms with Crippen LogP contribution in [0.3, 0.4) is 0 Å². The largest absolute Gasteiger partial charge is 0.454 e. The SMILES string of the molecule is O=C(c1ccc2c(c1)OCO2)N1CCc2[nH]nc(C(=O)N3CCC(Cc4ccccc4)CC3)c2C1. The molecule has 6 rings (SSSR count).